The minimum Gasteiger partial charge on any atom is -0.357 e. The van der Waals surface area contributed by atoms with Crippen molar-refractivity contribution in [2.24, 2.45) is 4.99 Å². The van der Waals surface area contributed by atoms with Crippen molar-refractivity contribution >= 4 is 29.9 Å². The molecular weight excluding hydrogens is 487 g/mol. The third-order valence-corrected chi connectivity index (χ3v) is 5.11. The first-order valence-electron chi connectivity index (χ1n) is 11.0. The van der Waals surface area contributed by atoms with Gasteiger partial charge in [0.05, 0.1) is 0 Å². The van der Waals surface area contributed by atoms with Crippen LogP contribution in [-0.4, -0.2) is 52.6 Å². The van der Waals surface area contributed by atoms with Crippen LogP contribution in [0.15, 0.2) is 47.7 Å². The lowest BCUT2D eigenvalue weighted by molar-refractivity contribution is 0.292. The van der Waals surface area contributed by atoms with E-state index < -0.39 is 0 Å². The number of benzene rings is 1. The van der Waals surface area contributed by atoms with E-state index in [1.807, 2.05) is 18.5 Å². The molecule has 1 aromatic carbocycles. The molecule has 6 nitrogen and oxygen atoms in total. The van der Waals surface area contributed by atoms with Gasteiger partial charge in [0.1, 0.15) is 12.4 Å². The maximum Gasteiger partial charge on any atom is 0.191 e. The first-order chi connectivity index (χ1) is 14.2. The molecule has 30 heavy (non-hydrogen) atoms. The van der Waals surface area contributed by atoms with Crippen LogP contribution in [0.2, 0.25) is 0 Å². The number of aliphatic imine (C=N–C) groups is 1. The Hall–Kier alpha value is -1.61. The summed E-state index contributed by atoms with van der Waals surface area (Å²) in [7, 11) is 0. The fourth-order valence-corrected chi connectivity index (χ4v) is 3.35. The van der Waals surface area contributed by atoms with Crippen molar-refractivity contribution in [2.75, 3.05) is 26.2 Å². The lowest BCUT2D eigenvalue weighted by Gasteiger charge is -2.21. The van der Waals surface area contributed by atoms with E-state index in [2.05, 4.69) is 77.0 Å². The molecule has 0 aliphatic carbocycles. The summed E-state index contributed by atoms with van der Waals surface area (Å²) in [5.74, 6) is 1.83. The predicted molar refractivity (Wildman–Crippen MR) is 138 cm³/mol. The van der Waals surface area contributed by atoms with Crippen LogP contribution in [0, 0.1) is 0 Å². The normalized spacial score (nSPS) is 12.5. The first-order valence-corrected chi connectivity index (χ1v) is 11.0. The first kappa shape index (κ1) is 26.4. The number of halogens is 1. The molecule has 1 aromatic heterocycles. The summed E-state index contributed by atoms with van der Waals surface area (Å²) in [5.41, 5.74) is 1.27. The zero-order chi connectivity index (χ0) is 20.9. The molecule has 2 rings (SSSR count). The third-order valence-electron chi connectivity index (χ3n) is 5.11. The largest absolute Gasteiger partial charge is 0.357 e. The number of rotatable bonds is 12. The van der Waals surface area contributed by atoms with Crippen molar-refractivity contribution in [1.82, 2.24) is 25.1 Å². The quantitative estimate of drug-likeness (QED) is 0.248. The van der Waals surface area contributed by atoms with Gasteiger partial charge in [0.25, 0.3) is 0 Å². The Morgan fingerprint density at radius 2 is 1.90 bits per heavy atom. The summed E-state index contributed by atoms with van der Waals surface area (Å²) < 4.78 is 2.16. The Balaban J connectivity index is 0.00000450. The molecule has 0 aliphatic heterocycles. The van der Waals surface area contributed by atoms with Crippen LogP contribution in [0.5, 0.6) is 0 Å². The topological polar surface area (TPSA) is 57.5 Å². The van der Waals surface area contributed by atoms with E-state index in [1.165, 1.54) is 12.0 Å². The summed E-state index contributed by atoms with van der Waals surface area (Å²) >= 11 is 0. The van der Waals surface area contributed by atoms with Gasteiger partial charge in [-0.05, 0) is 51.9 Å². The number of nitrogens with one attached hydrogen (secondary N) is 2. The van der Waals surface area contributed by atoms with E-state index in [1.54, 1.807) is 0 Å². The predicted octanol–water partition coefficient (Wildman–Crippen LogP) is 4.12. The van der Waals surface area contributed by atoms with E-state index >= 15 is 0 Å². The molecule has 1 atom stereocenters. The molecule has 0 spiro atoms. The zero-order valence-corrected chi connectivity index (χ0v) is 21.3. The zero-order valence-electron chi connectivity index (χ0n) is 19.0. The lowest BCUT2D eigenvalue weighted by atomic mass is 10.2. The highest BCUT2D eigenvalue weighted by Gasteiger charge is 2.08. The second kappa shape index (κ2) is 15.2. The Morgan fingerprint density at radius 1 is 1.17 bits per heavy atom. The van der Waals surface area contributed by atoms with Crippen LogP contribution in [0.25, 0.3) is 0 Å². The number of aromatic nitrogens is 2. The third kappa shape index (κ3) is 9.47. The van der Waals surface area contributed by atoms with Gasteiger partial charge in [-0.2, -0.15) is 0 Å². The van der Waals surface area contributed by atoms with Gasteiger partial charge in [0.15, 0.2) is 5.96 Å². The molecule has 0 saturated heterocycles. The van der Waals surface area contributed by atoms with Crippen LogP contribution >= 0.6 is 24.0 Å². The van der Waals surface area contributed by atoms with Crippen molar-refractivity contribution < 1.29 is 0 Å². The smallest absolute Gasteiger partial charge is 0.191 e. The molecule has 0 bridgehead atoms. The Kier molecular flexibility index (Phi) is 13.4. The fourth-order valence-electron chi connectivity index (χ4n) is 3.35. The maximum absolute atomic E-state index is 4.77. The number of guanidine groups is 1. The van der Waals surface area contributed by atoms with Crippen molar-refractivity contribution in [3.05, 3.63) is 54.1 Å². The number of nitrogens with zero attached hydrogens (tertiary/aromatic N) is 4. The SMILES string of the molecule is CCNC(=NCc1nccn1Cc1ccccc1)NC(C)CCCN(CC)CC.I. The average Bonchev–Trinajstić information content (AvgIpc) is 3.17. The van der Waals surface area contributed by atoms with Gasteiger partial charge in [-0.15, -0.1) is 24.0 Å². The second-order valence-corrected chi connectivity index (χ2v) is 7.37. The Morgan fingerprint density at radius 3 is 2.57 bits per heavy atom. The van der Waals surface area contributed by atoms with Gasteiger partial charge >= 0.3 is 0 Å². The molecule has 0 fully saturated rings. The second-order valence-electron chi connectivity index (χ2n) is 7.37. The Labute approximate surface area is 199 Å². The summed E-state index contributed by atoms with van der Waals surface area (Å²) in [6.45, 7) is 14.4. The Bertz CT molecular complexity index is 711. The van der Waals surface area contributed by atoms with E-state index in [0.717, 1.165) is 50.9 Å². The van der Waals surface area contributed by atoms with Gasteiger partial charge in [-0.1, -0.05) is 44.2 Å². The monoisotopic (exact) mass is 526 g/mol. The van der Waals surface area contributed by atoms with Gasteiger partial charge in [0.2, 0.25) is 0 Å². The van der Waals surface area contributed by atoms with Crippen LogP contribution < -0.4 is 10.6 Å². The summed E-state index contributed by atoms with van der Waals surface area (Å²) in [4.78, 5) is 11.8. The highest BCUT2D eigenvalue weighted by molar-refractivity contribution is 14.0. The van der Waals surface area contributed by atoms with Gasteiger partial charge in [-0.3, -0.25) is 0 Å². The molecule has 0 radical (unpaired) electrons. The van der Waals surface area contributed by atoms with Crippen molar-refractivity contribution in [3.63, 3.8) is 0 Å². The number of hydrogen-bond donors (Lipinski definition) is 2. The van der Waals surface area contributed by atoms with Crippen LogP contribution in [0.1, 0.15) is 51.9 Å². The maximum atomic E-state index is 4.77. The van der Waals surface area contributed by atoms with Crippen molar-refractivity contribution in [2.45, 2.75) is 59.7 Å². The van der Waals surface area contributed by atoms with E-state index in [9.17, 15) is 0 Å². The van der Waals surface area contributed by atoms with Gasteiger partial charge in [0, 0.05) is 31.5 Å². The average molecular weight is 527 g/mol. The molecule has 7 heteroatoms. The minimum absolute atomic E-state index is 0. The van der Waals surface area contributed by atoms with Crippen LogP contribution in [-0.2, 0) is 13.1 Å². The van der Waals surface area contributed by atoms with Gasteiger partial charge in [-0.25, -0.2) is 9.98 Å². The fraction of sp³-hybridized carbons (Fsp3) is 0.565. The molecule has 0 aliphatic rings. The molecule has 168 valence electrons. The summed E-state index contributed by atoms with van der Waals surface area (Å²) in [6.07, 6.45) is 6.19. The van der Waals surface area contributed by atoms with Crippen molar-refractivity contribution in [3.8, 4) is 0 Å². The minimum atomic E-state index is 0. The van der Waals surface area contributed by atoms with Crippen LogP contribution in [0.3, 0.4) is 0 Å². The van der Waals surface area contributed by atoms with Gasteiger partial charge < -0.3 is 20.1 Å². The van der Waals surface area contributed by atoms with E-state index in [4.69, 9.17) is 4.99 Å². The van der Waals surface area contributed by atoms with E-state index in [-0.39, 0.29) is 24.0 Å². The standard InChI is InChI=1S/C23H38N6.HI/c1-5-24-23(27-20(4)12-11-16-28(6-2)7-3)26-18-22-25-15-17-29(22)19-21-13-9-8-10-14-21;/h8-10,13-15,17,20H,5-7,11-12,16,18-19H2,1-4H3,(H2,24,26,27);1H. The molecule has 2 aromatic rings. The lowest BCUT2D eigenvalue weighted by Crippen LogP contribution is -2.42. The molecule has 0 amide bonds. The highest BCUT2D eigenvalue weighted by atomic mass is 127. The molecule has 1 unspecified atom stereocenters. The molecule has 0 saturated carbocycles. The van der Waals surface area contributed by atoms with E-state index in [0.29, 0.717) is 12.6 Å². The number of hydrogen-bond acceptors (Lipinski definition) is 3. The number of imidazole rings is 1. The summed E-state index contributed by atoms with van der Waals surface area (Å²) in [6, 6.07) is 10.8. The molecule has 1 heterocycles. The van der Waals surface area contributed by atoms with Crippen LogP contribution in [0.4, 0.5) is 0 Å². The summed E-state index contributed by atoms with van der Waals surface area (Å²) in [5, 5.41) is 6.90. The molecule has 2 N–H and O–H groups in total. The highest BCUT2D eigenvalue weighted by Crippen LogP contribution is 2.07. The molecular formula is C23H39IN6. The van der Waals surface area contributed by atoms with Crippen molar-refractivity contribution in [1.29, 1.82) is 0 Å².